The molecule has 2 N–H and O–H groups in total. The lowest BCUT2D eigenvalue weighted by Gasteiger charge is -2.15. The number of methoxy groups -OCH3 is 2. The first-order chi connectivity index (χ1) is 11.0. The van der Waals surface area contributed by atoms with Crippen LogP contribution in [0.1, 0.15) is 23.3 Å². The minimum absolute atomic E-state index is 0.233. The molecule has 2 rings (SSSR count). The first-order valence-corrected chi connectivity index (χ1v) is 8.24. The van der Waals surface area contributed by atoms with Crippen LogP contribution in [-0.4, -0.2) is 26.8 Å². The molecule has 1 aromatic heterocycles. The third-order valence-electron chi connectivity index (χ3n) is 3.58. The topological polar surface area (TPSA) is 59.6 Å². The lowest BCUT2D eigenvalue weighted by Crippen LogP contribution is -2.31. The van der Waals surface area contributed by atoms with Gasteiger partial charge in [0.25, 0.3) is 0 Å². The number of urea groups is 1. The lowest BCUT2D eigenvalue weighted by molar-refractivity contribution is 0.251. The summed E-state index contributed by atoms with van der Waals surface area (Å²) in [5.74, 6) is 1.51. The standard InChI is InChI=1S/C17H22N2O3S/c1-11-8-14(21-3)15(22-4)9-13(11)19-17(20)18-10-12(2)16-6-5-7-23-16/h5-9,12H,10H2,1-4H3,(H2,18,19,20)/t12-/m1/s1. The van der Waals surface area contributed by atoms with Gasteiger partial charge in [-0.05, 0) is 30.0 Å². The van der Waals surface area contributed by atoms with Crippen LogP contribution in [0.15, 0.2) is 29.6 Å². The second-order valence-electron chi connectivity index (χ2n) is 5.27. The van der Waals surface area contributed by atoms with Crippen molar-refractivity contribution < 1.29 is 14.3 Å². The molecule has 0 bridgehead atoms. The first kappa shape index (κ1) is 17.1. The first-order valence-electron chi connectivity index (χ1n) is 7.36. The van der Waals surface area contributed by atoms with Crippen molar-refractivity contribution in [3.05, 3.63) is 40.1 Å². The van der Waals surface area contributed by atoms with E-state index in [4.69, 9.17) is 9.47 Å². The maximum atomic E-state index is 12.1. The Kier molecular flexibility index (Phi) is 5.87. The Labute approximate surface area is 140 Å². The normalized spacial score (nSPS) is 11.7. The Hall–Kier alpha value is -2.21. The number of nitrogens with one attached hydrogen (secondary N) is 2. The molecule has 0 fully saturated rings. The Morgan fingerprint density at radius 1 is 1.26 bits per heavy atom. The fourth-order valence-electron chi connectivity index (χ4n) is 2.20. The van der Waals surface area contributed by atoms with E-state index < -0.39 is 0 Å². The van der Waals surface area contributed by atoms with Crippen LogP contribution >= 0.6 is 11.3 Å². The molecule has 0 aliphatic heterocycles. The summed E-state index contributed by atoms with van der Waals surface area (Å²) in [6, 6.07) is 7.46. The minimum atomic E-state index is -0.233. The summed E-state index contributed by atoms with van der Waals surface area (Å²) < 4.78 is 10.5. The maximum absolute atomic E-state index is 12.1. The van der Waals surface area contributed by atoms with Gasteiger partial charge in [-0.3, -0.25) is 0 Å². The van der Waals surface area contributed by atoms with Gasteiger partial charge in [0, 0.05) is 29.1 Å². The monoisotopic (exact) mass is 334 g/mol. The molecule has 124 valence electrons. The van der Waals surface area contributed by atoms with Gasteiger partial charge in [-0.25, -0.2) is 4.79 Å². The summed E-state index contributed by atoms with van der Waals surface area (Å²) in [5.41, 5.74) is 1.60. The van der Waals surface area contributed by atoms with E-state index in [9.17, 15) is 4.79 Å². The molecule has 23 heavy (non-hydrogen) atoms. The lowest BCUT2D eigenvalue weighted by atomic mass is 10.1. The van der Waals surface area contributed by atoms with Crippen molar-refractivity contribution in [3.8, 4) is 11.5 Å². The van der Waals surface area contributed by atoms with Crippen molar-refractivity contribution in [2.45, 2.75) is 19.8 Å². The van der Waals surface area contributed by atoms with E-state index in [0.29, 0.717) is 23.7 Å². The van der Waals surface area contributed by atoms with Crippen molar-refractivity contribution in [2.24, 2.45) is 0 Å². The summed E-state index contributed by atoms with van der Waals surface area (Å²) >= 11 is 1.70. The molecular weight excluding hydrogens is 312 g/mol. The number of benzene rings is 1. The third-order valence-corrected chi connectivity index (χ3v) is 4.68. The van der Waals surface area contributed by atoms with Crippen LogP contribution in [0.5, 0.6) is 11.5 Å². The van der Waals surface area contributed by atoms with Gasteiger partial charge >= 0.3 is 6.03 Å². The number of carbonyl (C=O) groups excluding carboxylic acids is 1. The Balaban J connectivity index is 1.97. The van der Waals surface area contributed by atoms with Gasteiger partial charge in [0.1, 0.15) is 0 Å². The molecule has 0 spiro atoms. The molecule has 2 aromatic rings. The predicted molar refractivity (Wildman–Crippen MR) is 94.0 cm³/mol. The van der Waals surface area contributed by atoms with Gasteiger partial charge in [-0.1, -0.05) is 13.0 Å². The van der Waals surface area contributed by atoms with E-state index in [0.717, 1.165) is 5.56 Å². The number of thiophene rings is 1. The second kappa shape index (κ2) is 7.87. The molecule has 1 heterocycles. The quantitative estimate of drug-likeness (QED) is 0.839. The Bertz CT molecular complexity index is 656. The number of rotatable bonds is 6. The summed E-state index contributed by atoms with van der Waals surface area (Å²) in [5, 5.41) is 7.79. The molecule has 6 heteroatoms. The Morgan fingerprint density at radius 3 is 2.57 bits per heavy atom. The smallest absolute Gasteiger partial charge is 0.319 e. The number of ether oxygens (including phenoxy) is 2. The van der Waals surface area contributed by atoms with E-state index in [1.807, 2.05) is 24.4 Å². The average molecular weight is 334 g/mol. The van der Waals surface area contributed by atoms with E-state index in [2.05, 4.69) is 23.6 Å². The van der Waals surface area contributed by atoms with Crippen molar-refractivity contribution >= 4 is 23.1 Å². The molecule has 0 aliphatic rings. The second-order valence-corrected chi connectivity index (χ2v) is 6.25. The van der Waals surface area contributed by atoms with E-state index in [1.54, 1.807) is 31.6 Å². The molecule has 0 unspecified atom stereocenters. The van der Waals surface area contributed by atoms with Crippen LogP contribution in [0.4, 0.5) is 10.5 Å². The van der Waals surface area contributed by atoms with Crippen molar-refractivity contribution in [1.82, 2.24) is 5.32 Å². The van der Waals surface area contributed by atoms with Crippen LogP contribution in [0.25, 0.3) is 0 Å². The van der Waals surface area contributed by atoms with Crippen LogP contribution in [0.2, 0.25) is 0 Å². The zero-order chi connectivity index (χ0) is 16.8. The molecule has 0 aliphatic carbocycles. The highest BCUT2D eigenvalue weighted by molar-refractivity contribution is 7.10. The van der Waals surface area contributed by atoms with Gasteiger partial charge in [-0.2, -0.15) is 0 Å². The molecule has 0 radical (unpaired) electrons. The number of carbonyl (C=O) groups is 1. The van der Waals surface area contributed by atoms with Crippen LogP contribution in [0, 0.1) is 6.92 Å². The zero-order valence-electron chi connectivity index (χ0n) is 13.8. The summed E-state index contributed by atoms with van der Waals surface area (Å²) in [7, 11) is 3.16. The number of anilines is 1. The van der Waals surface area contributed by atoms with Crippen molar-refractivity contribution in [3.63, 3.8) is 0 Å². The number of hydrogen-bond donors (Lipinski definition) is 2. The molecule has 1 aromatic carbocycles. The highest BCUT2D eigenvalue weighted by Gasteiger charge is 2.12. The average Bonchev–Trinajstić information content (AvgIpc) is 3.08. The maximum Gasteiger partial charge on any atom is 0.319 e. The Morgan fingerprint density at radius 2 is 1.96 bits per heavy atom. The number of amides is 2. The highest BCUT2D eigenvalue weighted by atomic mass is 32.1. The minimum Gasteiger partial charge on any atom is -0.493 e. The third kappa shape index (κ3) is 4.39. The van der Waals surface area contributed by atoms with Gasteiger partial charge in [0.2, 0.25) is 0 Å². The van der Waals surface area contributed by atoms with Gasteiger partial charge < -0.3 is 20.1 Å². The van der Waals surface area contributed by atoms with Crippen molar-refractivity contribution in [1.29, 1.82) is 0 Å². The van der Waals surface area contributed by atoms with Gasteiger partial charge in [0.15, 0.2) is 11.5 Å². The predicted octanol–water partition coefficient (Wildman–Crippen LogP) is 4.00. The van der Waals surface area contributed by atoms with Crippen LogP contribution < -0.4 is 20.1 Å². The SMILES string of the molecule is COc1cc(C)c(NC(=O)NC[C@@H](C)c2cccs2)cc1OC. The fraction of sp³-hybridized carbons (Fsp3) is 0.353. The molecule has 0 saturated carbocycles. The molecule has 5 nitrogen and oxygen atoms in total. The molecule has 1 atom stereocenters. The number of aryl methyl sites for hydroxylation is 1. The van der Waals surface area contributed by atoms with Crippen molar-refractivity contribution in [2.75, 3.05) is 26.1 Å². The molecule has 0 saturated heterocycles. The van der Waals surface area contributed by atoms with E-state index in [-0.39, 0.29) is 11.9 Å². The summed E-state index contributed by atoms with van der Waals surface area (Å²) in [4.78, 5) is 13.4. The van der Waals surface area contributed by atoms with E-state index in [1.165, 1.54) is 4.88 Å². The fourth-order valence-corrected chi connectivity index (χ4v) is 2.99. The number of hydrogen-bond acceptors (Lipinski definition) is 4. The largest absolute Gasteiger partial charge is 0.493 e. The van der Waals surface area contributed by atoms with Crippen LogP contribution in [-0.2, 0) is 0 Å². The molecule has 2 amide bonds. The van der Waals surface area contributed by atoms with Crippen LogP contribution in [0.3, 0.4) is 0 Å². The summed E-state index contributed by atoms with van der Waals surface area (Å²) in [6.45, 7) is 4.58. The highest BCUT2D eigenvalue weighted by Crippen LogP contribution is 2.32. The zero-order valence-corrected chi connectivity index (χ0v) is 14.6. The van der Waals surface area contributed by atoms with Gasteiger partial charge in [-0.15, -0.1) is 11.3 Å². The summed E-state index contributed by atoms with van der Waals surface area (Å²) in [6.07, 6.45) is 0. The van der Waals surface area contributed by atoms with Gasteiger partial charge in [0.05, 0.1) is 14.2 Å². The van der Waals surface area contributed by atoms with E-state index >= 15 is 0 Å². The molecular formula is C17H22N2O3S.